The highest BCUT2D eigenvalue weighted by Crippen LogP contribution is 2.33. The maximum Gasteiger partial charge on any atom is 0.190 e. The van der Waals surface area contributed by atoms with Crippen molar-refractivity contribution < 1.29 is 4.74 Å². The molecule has 1 aromatic rings. The van der Waals surface area contributed by atoms with Crippen LogP contribution in [0.5, 0.6) is 0 Å². The molecule has 0 radical (unpaired) electrons. The summed E-state index contributed by atoms with van der Waals surface area (Å²) in [6, 6.07) is 10.8. The summed E-state index contributed by atoms with van der Waals surface area (Å²) in [6.07, 6.45) is 5.10. The van der Waals surface area contributed by atoms with Crippen molar-refractivity contribution in [3.63, 3.8) is 0 Å². The summed E-state index contributed by atoms with van der Waals surface area (Å²) < 4.78 is 6.12. The second-order valence-corrected chi connectivity index (χ2v) is 10.1. The van der Waals surface area contributed by atoms with E-state index in [4.69, 9.17) is 4.74 Å². The van der Waals surface area contributed by atoms with Crippen LogP contribution in [0.15, 0.2) is 35.3 Å². The Bertz CT molecular complexity index is 655. The Morgan fingerprint density at radius 2 is 1.90 bits per heavy atom. The molecule has 0 amide bonds. The molecular weight excluding hydrogens is 372 g/mol. The summed E-state index contributed by atoms with van der Waals surface area (Å²) in [4.78, 5) is 7.06. The van der Waals surface area contributed by atoms with Gasteiger partial charge in [-0.2, -0.15) is 0 Å². The monoisotopic (exact) mass is 414 g/mol. The first-order valence-electron chi connectivity index (χ1n) is 11.8. The van der Waals surface area contributed by atoms with Gasteiger partial charge in [-0.05, 0) is 49.1 Å². The van der Waals surface area contributed by atoms with Crippen molar-refractivity contribution in [2.24, 2.45) is 22.2 Å². The van der Waals surface area contributed by atoms with Gasteiger partial charge >= 0.3 is 0 Å². The molecule has 168 valence electrons. The lowest BCUT2D eigenvalue weighted by Gasteiger charge is -2.40. The Balaban J connectivity index is 1.37. The molecular formula is C25H42N4O. The topological polar surface area (TPSA) is 48.9 Å². The van der Waals surface area contributed by atoms with E-state index in [1.165, 1.54) is 31.5 Å². The molecule has 2 saturated heterocycles. The van der Waals surface area contributed by atoms with Crippen LogP contribution in [0, 0.1) is 17.3 Å². The molecule has 2 N–H and O–H groups in total. The van der Waals surface area contributed by atoms with Crippen molar-refractivity contribution in [3.05, 3.63) is 35.9 Å². The number of likely N-dealkylation sites (tertiary alicyclic amines) is 1. The maximum absolute atomic E-state index is 6.12. The zero-order valence-corrected chi connectivity index (χ0v) is 19.5. The number of ether oxygens (including phenoxy) is 1. The number of nitrogens with zero attached hydrogens (tertiary/aromatic N) is 2. The van der Waals surface area contributed by atoms with Gasteiger partial charge in [0.25, 0.3) is 0 Å². The molecule has 0 aromatic heterocycles. The van der Waals surface area contributed by atoms with E-state index in [9.17, 15) is 0 Å². The molecule has 30 heavy (non-hydrogen) atoms. The number of nitrogens with one attached hydrogen (secondary N) is 2. The SMILES string of the molecule is CN=C(NCC1CCN(CCc2ccccc2)C1)NCC1CCCOC1C(C)(C)C. The summed E-state index contributed by atoms with van der Waals surface area (Å²) in [5, 5.41) is 7.14. The van der Waals surface area contributed by atoms with E-state index in [1.54, 1.807) is 0 Å². The quantitative estimate of drug-likeness (QED) is 0.529. The second kappa shape index (κ2) is 11.1. The first kappa shape index (κ1) is 23.1. The molecule has 0 bridgehead atoms. The average molecular weight is 415 g/mol. The molecule has 0 spiro atoms. The highest BCUT2D eigenvalue weighted by Gasteiger charge is 2.35. The highest BCUT2D eigenvalue weighted by molar-refractivity contribution is 5.79. The van der Waals surface area contributed by atoms with Gasteiger partial charge in [-0.15, -0.1) is 0 Å². The lowest BCUT2D eigenvalue weighted by molar-refractivity contribution is -0.0835. The summed E-state index contributed by atoms with van der Waals surface area (Å²) in [7, 11) is 1.87. The van der Waals surface area contributed by atoms with Gasteiger partial charge in [0.05, 0.1) is 6.10 Å². The third-order valence-electron chi connectivity index (χ3n) is 6.54. The third-order valence-corrected chi connectivity index (χ3v) is 6.54. The fourth-order valence-corrected chi connectivity index (χ4v) is 4.91. The van der Waals surface area contributed by atoms with E-state index in [-0.39, 0.29) is 5.41 Å². The lowest BCUT2D eigenvalue weighted by Crippen LogP contribution is -2.48. The minimum atomic E-state index is 0.177. The fourth-order valence-electron chi connectivity index (χ4n) is 4.91. The van der Waals surface area contributed by atoms with E-state index in [1.807, 2.05) is 7.05 Å². The number of hydrogen-bond acceptors (Lipinski definition) is 3. The highest BCUT2D eigenvalue weighted by atomic mass is 16.5. The van der Waals surface area contributed by atoms with Crippen LogP contribution < -0.4 is 10.6 Å². The molecule has 2 fully saturated rings. The van der Waals surface area contributed by atoms with Gasteiger partial charge in [-0.3, -0.25) is 4.99 Å². The molecule has 0 saturated carbocycles. The van der Waals surface area contributed by atoms with Gasteiger partial charge in [0.2, 0.25) is 0 Å². The third kappa shape index (κ3) is 6.98. The molecule has 3 rings (SSSR count). The summed E-state index contributed by atoms with van der Waals surface area (Å²) in [5.41, 5.74) is 1.61. The minimum Gasteiger partial charge on any atom is -0.377 e. The zero-order valence-electron chi connectivity index (χ0n) is 19.5. The van der Waals surface area contributed by atoms with Gasteiger partial charge in [0.1, 0.15) is 0 Å². The first-order valence-corrected chi connectivity index (χ1v) is 11.8. The second-order valence-electron chi connectivity index (χ2n) is 10.1. The van der Waals surface area contributed by atoms with Crippen LogP contribution in [0.2, 0.25) is 0 Å². The van der Waals surface area contributed by atoms with E-state index < -0.39 is 0 Å². The van der Waals surface area contributed by atoms with Crippen molar-refractivity contribution in [1.29, 1.82) is 0 Å². The number of benzene rings is 1. The van der Waals surface area contributed by atoms with Gasteiger partial charge in [-0.1, -0.05) is 51.1 Å². The van der Waals surface area contributed by atoms with Crippen LogP contribution in [-0.4, -0.2) is 63.3 Å². The maximum atomic E-state index is 6.12. The van der Waals surface area contributed by atoms with E-state index in [2.05, 4.69) is 71.6 Å². The summed E-state index contributed by atoms with van der Waals surface area (Å²) in [6.45, 7) is 13.2. The summed E-state index contributed by atoms with van der Waals surface area (Å²) >= 11 is 0. The Hall–Kier alpha value is -1.59. The van der Waals surface area contributed by atoms with Crippen LogP contribution >= 0.6 is 0 Å². The largest absolute Gasteiger partial charge is 0.377 e. The Morgan fingerprint density at radius 3 is 2.63 bits per heavy atom. The van der Waals surface area contributed by atoms with E-state index >= 15 is 0 Å². The van der Waals surface area contributed by atoms with E-state index in [0.29, 0.717) is 17.9 Å². The molecule has 3 unspecified atom stereocenters. The van der Waals surface area contributed by atoms with Gasteiger partial charge in [0.15, 0.2) is 5.96 Å². The zero-order chi connectivity index (χ0) is 21.4. The predicted octanol–water partition coefficient (Wildman–Crippen LogP) is 3.56. The number of hydrogen-bond donors (Lipinski definition) is 2. The molecule has 5 heteroatoms. The molecule has 5 nitrogen and oxygen atoms in total. The van der Waals surface area contributed by atoms with Crippen LogP contribution in [0.4, 0.5) is 0 Å². The number of aliphatic imine (C=N–C) groups is 1. The van der Waals surface area contributed by atoms with Crippen molar-refractivity contribution in [1.82, 2.24) is 15.5 Å². The van der Waals surface area contributed by atoms with Crippen molar-refractivity contribution in [2.75, 3.05) is 46.4 Å². The number of guanidine groups is 1. The molecule has 1 aromatic carbocycles. The normalized spacial score (nSPS) is 26.0. The van der Waals surface area contributed by atoms with E-state index in [0.717, 1.165) is 45.0 Å². The lowest BCUT2D eigenvalue weighted by atomic mass is 9.78. The fraction of sp³-hybridized carbons (Fsp3) is 0.720. The van der Waals surface area contributed by atoms with Crippen LogP contribution in [0.3, 0.4) is 0 Å². The number of rotatable bonds is 7. The van der Waals surface area contributed by atoms with Gasteiger partial charge in [0, 0.05) is 45.8 Å². The minimum absolute atomic E-state index is 0.177. The predicted molar refractivity (Wildman–Crippen MR) is 126 cm³/mol. The first-order chi connectivity index (χ1) is 14.5. The van der Waals surface area contributed by atoms with Crippen LogP contribution in [-0.2, 0) is 11.2 Å². The standard InChI is InChI=1S/C25H42N4O/c1-25(2,3)23-22(11-8-16-30-23)18-28-24(26-4)27-17-21-13-15-29(19-21)14-12-20-9-6-5-7-10-20/h5-7,9-10,21-23H,8,11-19H2,1-4H3,(H2,26,27,28). The van der Waals surface area contributed by atoms with Crippen molar-refractivity contribution in [3.8, 4) is 0 Å². The van der Waals surface area contributed by atoms with Crippen molar-refractivity contribution in [2.45, 2.75) is 52.6 Å². The Kier molecular flexibility index (Phi) is 8.58. The Labute approximate surface area is 183 Å². The molecule has 0 aliphatic carbocycles. The van der Waals surface area contributed by atoms with Gasteiger partial charge < -0.3 is 20.3 Å². The molecule has 2 aliphatic rings. The molecule has 2 heterocycles. The molecule has 3 atom stereocenters. The van der Waals surface area contributed by atoms with Crippen LogP contribution in [0.25, 0.3) is 0 Å². The average Bonchev–Trinajstić information content (AvgIpc) is 3.20. The smallest absolute Gasteiger partial charge is 0.190 e. The summed E-state index contributed by atoms with van der Waals surface area (Å²) in [5.74, 6) is 2.16. The Morgan fingerprint density at radius 1 is 1.13 bits per heavy atom. The van der Waals surface area contributed by atoms with Crippen LogP contribution in [0.1, 0.15) is 45.6 Å². The molecule has 2 aliphatic heterocycles. The van der Waals surface area contributed by atoms with Crippen molar-refractivity contribution >= 4 is 5.96 Å². The van der Waals surface area contributed by atoms with Gasteiger partial charge in [-0.25, -0.2) is 0 Å².